The summed E-state index contributed by atoms with van der Waals surface area (Å²) in [5.41, 5.74) is 6.22. The van der Waals surface area contributed by atoms with Gasteiger partial charge in [0.15, 0.2) is 0 Å². The molecule has 0 unspecified atom stereocenters. The molecule has 0 saturated carbocycles. The molecular weight excluding hydrogens is 258 g/mol. The van der Waals surface area contributed by atoms with E-state index in [0.29, 0.717) is 0 Å². The number of esters is 1. The fourth-order valence-corrected chi connectivity index (χ4v) is 1.80. The highest BCUT2D eigenvalue weighted by atomic mass is 16.5. The number of carbonyl (C=O) groups excluding carboxylic acids is 1. The maximum Gasteiger partial charge on any atom is 0.321 e. The Morgan fingerprint density at radius 2 is 1.90 bits per heavy atom. The van der Waals surface area contributed by atoms with Crippen molar-refractivity contribution in [2.24, 2.45) is 11.1 Å². The van der Waals surface area contributed by atoms with E-state index in [0.717, 1.165) is 12.0 Å². The van der Waals surface area contributed by atoms with Crippen LogP contribution >= 0.6 is 0 Å². The minimum Gasteiger partial charge on any atom is -0.480 e. The predicted octanol–water partition coefficient (Wildman–Crippen LogP) is 1.60. The van der Waals surface area contributed by atoms with E-state index in [2.05, 4.69) is 0 Å². The van der Waals surface area contributed by atoms with Crippen molar-refractivity contribution in [2.45, 2.75) is 32.7 Å². The van der Waals surface area contributed by atoms with E-state index in [1.165, 1.54) is 0 Å². The monoisotopic (exact) mass is 279 g/mol. The number of rotatable bonds is 7. The Kier molecular flexibility index (Phi) is 5.70. The fraction of sp³-hybridized carbons (Fsp3) is 0.467. The van der Waals surface area contributed by atoms with Gasteiger partial charge in [-0.2, -0.15) is 0 Å². The predicted molar refractivity (Wildman–Crippen MR) is 75.1 cm³/mol. The lowest BCUT2D eigenvalue weighted by Crippen LogP contribution is -2.34. The molecule has 5 heteroatoms. The van der Waals surface area contributed by atoms with Crippen LogP contribution in [0.4, 0.5) is 0 Å². The zero-order valence-electron chi connectivity index (χ0n) is 11.8. The van der Waals surface area contributed by atoms with Crippen molar-refractivity contribution >= 4 is 11.9 Å². The van der Waals surface area contributed by atoms with Crippen LogP contribution in [0.3, 0.4) is 0 Å². The summed E-state index contributed by atoms with van der Waals surface area (Å²) in [4.78, 5) is 22.0. The number of benzene rings is 1. The molecule has 1 aromatic rings. The van der Waals surface area contributed by atoms with Crippen LogP contribution in [0, 0.1) is 5.41 Å². The summed E-state index contributed by atoms with van der Waals surface area (Å²) >= 11 is 0. The van der Waals surface area contributed by atoms with Gasteiger partial charge in [0, 0.05) is 5.41 Å². The van der Waals surface area contributed by atoms with Crippen molar-refractivity contribution in [3.8, 4) is 0 Å². The van der Waals surface area contributed by atoms with Gasteiger partial charge in [-0.25, -0.2) is 0 Å². The molecule has 0 aliphatic heterocycles. The van der Waals surface area contributed by atoms with Gasteiger partial charge in [0.05, 0.1) is 13.0 Å². The van der Waals surface area contributed by atoms with Gasteiger partial charge in [-0.05, 0) is 12.0 Å². The minimum atomic E-state index is -1.21. The average molecular weight is 279 g/mol. The van der Waals surface area contributed by atoms with E-state index >= 15 is 0 Å². The summed E-state index contributed by atoms with van der Waals surface area (Å²) in [6, 6.07) is 8.70. The van der Waals surface area contributed by atoms with Crippen LogP contribution in [-0.4, -0.2) is 29.7 Å². The molecule has 1 aromatic carbocycles. The molecule has 0 saturated heterocycles. The lowest BCUT2D eigenvalue weighted by Gasteiger charge is -2.24. The number of aliphatic carboxylic acids is 1. The van der Waals surface area contributed by atoms with Gasteiger partial charge in [-0.3, -0.25) is 9.59 Å². The molecule has 1 atom stereocenters. The van der Waals surface area contributed by atoms with E-state index in [1.807, 2.05) is 44.2 Å². The molecule has 0 spiro atoms. The van der Waals surface area contributed by atoms with Crippen LogP contribution in [0.5, 0.6) is 0 Å². The van der Waals surface area contributed by atoms with Crippen molar-refractivity contribution in [1.82, 2.24) is 0 Å². The van der Waals surface area contributed by atoms with Gasteiger partial charge in [-0.1, -0.05) is 44.2 Å². The van der Waals surface area contributed by atoms with Crippen LogP contribution in [-0.2, 0) is 20.7 Å². The lowest BCUT2D eigenvalue weighted by molar-refractivity contribution is -0.151. The normalized spacial score (nSPS) is 12.8. The third kappa shape index (κ3) is 5.84. The van der Waals surface area contributed by atoms with Crippen molar-refractivity contribution in [2.75, 3.05) is 6.61 Å². The van der Waals surface area contributed by atoms with E-state index in [4.69, 9.17) is 15.6 Å². The minimum absolute atomic E-state index is 0.218. The van der Waals surface area contributed by atoms with Crippen molar-refractivity contribution < 1.29 is 19.4 Å². The summed E-state index contributed by atoms with van der Waals surface area (Å²) < 4.78 is 5.12. The Morgan fingerprint density at radius 3 is 2.45 bits per heavy atom. The molecule has 0 bridgehead atoms. The number of carboxylic acid groups (broad SMARTS) is 1. The first-order valence-electron chi connectivity index (χ1n) is 6.48. The first-order chi connectivity index (χ1) is 9.30. The van der Waals surface area contributed by atoms with Crippen LogP contribution in [0.15, 0.2) is 30.3 Å². The largest absolute Gasteiger partial charge is 0.480 e. The standard InChI is InChI=1S/C15H21NO4/c1-15(2,9-11-6-4-3-5-7-11)10-20-13(17)8-12(16)14(18)19/h3-7,12H,8-10,16H2,1-2H3,(H,18,19)/t12-/m0/s1. The highest BCUT2D eigenvalue weighted by molar-refractivity contribution is 5.81. The van der Waals surface area contributed by atoms with Crippen molar-refractivity contribution in [1.29, 1.82) is 0 Å². The van der Waals surface area contributed by atoms with Gasteiger partial charge in [-0.15, -0.1) is 0 Å². The van der Waals surface area contributed by atoms with Gasteiger partial charge in [0.25, 0.3) is 0 Å². The van der Waals surface area contributed by atoms with Crippen LogP contribution in [0.2, 0.25) is 0 Å². The van der Waals surface area contributed by atoms with E-state index < -0.39 is 18.0 Å². The zero-order valence-corrected chi connectivity index (χ0v) is 11.8. The van der Waals surface area contributed by atoms with Crippen LogP contribution < -0.4 is 5.73 Å². The third-order valence-corrected chi connectivity index (χ3v) is 2.85. The van der Waals surface area contributed by atoms with E-state index in [9.17, 15) is 9.59 Å². The first kappa shape index (κ1) is 16.2. The Morgan fingerprint density at radius 1 is 1.30 bits per heavy atom. The molecule has 0 aliphatic rings. The van der Waals surface area contributed by atoms with Gasteiger partial charge in [0.1, 0.15) is 6.04 Å². The first-order valence-corrected chi connectivity index (χ1v) is 6.48. The zero-order chi connectivity index (χ0) is 15.2. The Labute approximate surface area is 118 Å². The fourth-order valence-electron chi connectivity index (χ4n) is 1.80. The molecular formula is C15H21NO4. The van der Waals surface area contributed by atoms with Crippen LogP contribution in [0.25, 0.3) is 0 Å². The molecule has 0 heterocycles. The van der Waals surface area contributed by atoms with Crippen molar-refractivity contribution in [3.63, 3.8) is 0 Å². The summed E-state index contributed by atoms with van der Waals surface area (Å²) in [5.74, 6) is -1.79. The highest BCUT2D eigenvalue weighted by Crippen LogP contribution is 2.22. The third-order valence-electron chi connectivity index (χ3n) is 2.85. The average Bonchev–Trinajstić information content (AvgIpc) is 2.37. The Balaban J connectivity index is 2.43. The topological polar surface area (TPSA) is 89.6 Å². The molecule has 0 fully saturated rings. The highest BCUT2D eigenvalue weighted by Gasteiger charge is 2.23. The van der Waals surface area contributed by atoms with Crippen LogP contribution in [0.1, 0.15) is 25.8 Å². The second-order valence-corrected chi connectivity index (χ2v) is 5.64. The molecule has 5 nitrogen and oxygen atoms in total. The van der Waals surface area contributed by atoms with E-state index in [1.54, 1.807) is 0 Å². The molecule has 3 N–H and O–H groups in total. The Hall–Kier alpha value is -1.88. The van der Waals surface area contributed by atoms with Gasteiger partial charge in [0.2, 0.25) is 0 Å². The molecule has 0 aromatic heterocycles. The van der Waals surface area contributed by atoms with Crippen molar-refractivity contribution in [3.05, 3.63) is 35.9 Å². The second-order valence-electron chi connectivity index (χ2n) is 5.64. The number of ether oxygens (including phenoxy) is 1. The summed E-state index contributed by atoms with van der Waals surface area (Å²) in [5, 5.41) is 8.62. The number of nitrogens with two attached hydrogens (primary N) is 1. The lowest BCUT2D eigenvalue weighted by atomic mass is 9.87. The summed E-state index contributed by atoms with van der Waals surface area (Å²) in [6.07, 6.45) is 0.461. The molecule has 0 radical (unpaired) electrons. The molecule has 110 valence electrons. The molecule has 0 amide bonds. The number of carbonyl (C=O) groups is 2. The number of carboxylic acids is 1. The van der Waals surface area contributed by atoms with Gasteiger partial charge >= 0.3 is 11.9 Å². The van der Waals surface area contributed by atoms with E-state index in [-0.39, 0.29) is 18.4 Å². The van der Waals surface area contributed by atoms with Gasteiger partial charge < -0.3 is 15.6 Å². The number of hydrogen-bond donors (Lipinski definition) is 2. The number of hydrogen-bond acceptors (Lipinski definition) is 4. The SMILES string of the molecule is CC(C)(COC(=O)C[C@H](N)C(=O)O)Cc1ccccc1. The summed E-state index contributed by atoms with van der Waals surface area (Å²) in [6.45, 7) is 4.21. The molecule has 1 rings (SSSR count). The smallest absolute Gasteiger partial charge is 0.321 e. The Bertz CT molecular complexity index is 456. The summed E-state index contributed by atoms with van der Waals surface area (Å²) in [7, 11) is 0. The molecule has 0 aliphatic carbocycles. The second kappa shape index (κ2) is 7.05. The molecule has 20 heavy (non-hydrogen) atoms. The maximum atomic E-state index is 11.5. The maximum absolute atomic E-state index is 11.5. The quantitative estimate of drug-likeness (QED) is 0.740.